The van der Waals surface area contributed by atoms with Crippen LogP contribution in [-0.4, -0.2) is 11.9 Å². The zero-order chi connectivity index (χ0) is 17.5. The molecule has 124 valence electrons. The Morgan fingerprint density at radius 2 is 1.67 bits per heavy atom. The highest BCUT2D eigenvalue weighted by Gasteiger charge is 2.31. The molecule has 0 saturated heterocycles. The minimum Gasteiger partial charge on any atom is -0.453 e. The van der Waals surface area contributed by atoms with Crippen LogP contribution in [0.25, 0.3) is 11.1 Å². The summed E-state index contributed by atoms with van der Waals surface area (Å²) in [6.07, 6.45) is -0.430. The van der Waals surface area contributed by atoms with E-state index in [1.807, 2.05) is 63.2 Å². The lowest BCUT2D eigenvalue weighted by atomic mass is 9.95. The summed E-state index contributed by atoms with van der Waals surface area (Å²) in [5.41, 5.74) is 4.20. The molecule has 1 aliphatic carbocycles. The van der Waals surface area contributed by atoms with Crippen molar-refractivity contribution in [1.82, 2.24) is 0 Å². The number of ether oxygens (including phenoxy) is 1. The van der Waals surface area contributed by atoms with Gasteiger partial charge in [-0.15, -0.1) is 0 Å². The largest absolute Gasteiger partial charge is 0.453 e. The number of hydrogen-bond acceptors (Lipinski definition) is 3. The molecule has 3 rings (SSSR count). The van der Waals surface area contributed by atoms with Crippen molar-refractivity contribution in [2.75, 3.05) is 5.32 Å². The molecule has 0 saturated carbocycles. The van der Waals surface area contributed by atoms with Crippen molar-refractivity contribution < 1.29 is 14.3 Å². The molecule has 0 bridgehead atoms. The predicted molar refractivity (Wildman–Crippen MR) is 93.6 cm³/mol. The molecule has 0 spiro atoms. The fraction of sp³-hybridized carbons (Fsp3) is 0.300. The molecule has 4 heteroatoms. The van der Waals surface area contributed by atoms with Crippen LogP contribution in [0.5, 0.6) is 0 Å². The minimum absolute atomic E-state index is 0.0537. The molecule has 2 aromatic rings. The molecule has 0 aliphatic heterocycles. The van der Waals surface area contributed by atoms with Crippen LogP contribution in [-0.2, 0) is 14.3 Å². The van der Waals surface area contributed by atoms with Gasteiger partial charge >= 0.3 is 5.97 Å². The number of rotatable bonds is 2. The van der Waals surface area contributed by atoms with Gasteiger partial charge in [0.15, 0.2) is 6.10 Å². The Kier molecular flexibility index (Phi) is 3.91. The topological polar surface area (TPSA) is 55.4 Å². The van der Waals surface area contributed by atoms with Crippen LogP contribution in [0.2, 0.25) is 0 Å². The van der Waals surface area contributed by atoms with E-state index in [0.29, 0.717) is 5.69 Å². The highest BCUT2D eigenvalue weighted by atomic mass is 16.5. The molecule has 0 fully saturated rings. The molecular formula is C20H21NO3. The van der Waals surface area contributed by atoms with Crippen molar-refractivity contribution in [3.63, 3.8) is 0 Å². The van der Waals surface area contributed by atoms with Gasteiger partial charge < -0.3 is 10.1 Å². The summed E-state index contributed by atoms with van der Waals surface area (Å²) >= 11 is 0. The zero-order valence-corrected chi connectivity index (χ0v) is 14.3. The summed E-state index contributed by atoms with van der Waals surface area (Å²) < 4.78 is 5.54. The quantitative estimate of drug-likeness (QED) is 0.838. The van der Waals surface area contributed by atoms with Gasteiger partial charge in [0.1, 0.15) is 0 Å². The predicted octanol–water partition coefficient (Wildman–Crippen LogP) is 4.30. The molecule has 1 N–H and O–H groups in total. The van der Waals surface area contributed by atoms with Crippen LogP contribution >= 0.6 is 0 Å². The number of carbonyl (C=O) groups is 2. The minimum atomic E-state index is -0.475. The highest BCUT2D eigenvalue weighted by molar-refractivity contribution is 5.95. The summed E-state index contributed by atoms with van der Waals surface area (Å²) in [6.45, 7) is 7.01. The van der Waals surface area contributed by atoms with Gasteiger partial charge in [-0.05, 0) is 23.3 Å². The Hall–Kier alpha value is -2.62. The number of nitrogens with one attached hydrogen (secondary N) is 1. The fourth-order valence-electron chi connectivity index (χ4n) is 2.85. The molecule has 0 aromatic heterocycles. The monoisotopic (exact) mass is 323 g/mol. The van der Waals surface area contributed by atoms with Gasteiger partial charge in [0, 0.05) is 29.2 Å². The van der Waals surface area contributed by atoms with Gasteiger partial charge in [0.05, 0.1) is 0 Å². The number of carbonyl (C=O) groups excluding carboxylic acids is 2. The number of esters is 1. The van der Waals surface area contributed by atoms with E-state index in [-0.39, 0.29) is 11.9 Å². The molecule has 4 nitrogen and oxygen atoms in total. The Bertz CT molecular complexity index is 818. The smallest absolute Gasteiger partial charge is 0.303 e. The van der Waals surface area contributed by atoms with Crippen molar-refractivity contribution in [1.29, 1.82) is 0 Å². The molecule has 1 amide bonds. The Morgan fingerprint density at radius 1 is 1.00 bits per heavy atom. The molecule has 1 aliphatic rings. The number of fused-ring (bicyclic) bond motifs is 3. The van der Waals surface area contributed by atoms with E-state index in [4.69, 9.17) is 4.74 Å². The molecule has 0 radical (unpaired) electrons. The first-order chi connectivity index (χ1) is 11.3. The zero-order valence-electron chi connectivity index (χ0n) is 14.3. The summed E-state index contributed by atoms with van der Waals surface area (Å²) in [6, 6.07) is 13.6. The lowest BCUT2D eigenvalue weighted by molar-refractivity contribution is -0.144. The molecule has 1 unspecified atom stereocenters. The highest BCUT2D eigenvalue weighted by Crippen LogP contribution is 2.46. The van der Waals surface area contributed by atoms with Crippen molar-refractivity contribution in [2.24, 2.45) is 5.41 Å². The normalized spacial score (nSPS) is 15.4. The number of hydrogen-bond donors (Lipinski definition) is 1. The van der Waals surface area contributed by atoms with E-state index >= 15 is 0 Å². The fourth-order valence-corrected chi connectivity index (χ4v) is 2.85. The summed E-state index contributed by atoms with van der Waals surface area (Å²) in [7, 11) is 0. The van der Waals surface area contributed by atoms with Gasteiger partial charge in [-0.1, -0.05) is 51.1 Å². The van der Waals surface area contributed by atoms with Gasteiger partial charge in [-0.3, -0.25) is 9.59 Å². The molecule has 24 heavy (non-hydrogen) atoms. The number of benzene rings is 2. The van der Waals surface area contributed by atoms with E-state index < -0.39 is 11.5 Å². The lowest BCUT2D eigenvalue weighted by Crippen LogP contribution is -2.27. The standard InChI is InChI=1S/C20H21NO3/c1-12(22)24-18-16-8-6-5-7-14(16)15-10-9-13(11-17(15)18)21-19(23)20(2,3)4/h5-11,18H,1-4H3,(H,21,23). The van der Waals surface area contributed by atoms with E-state index in [0.717, 1.165) is 22.3 Å². The lowest BCUT2D eigenvalue weighted by Gasteiger charge is -2.19. The first kappa shape index (κ1) is 16.2. The van der Waals surface area contributed by atoms with Crippen LogP contribution in [0, 0.1) is 5.41 Å². The number of amides is 1. The van der Waals surface area contributed by atoms with E-state index in [9.17, 15) is 9.59 Å². The summed E-state index contributed by atoms with van der Waals surface area (Å²) in [5, 5.41) is 2.93. The van der Waals surface area contributed by atoms with E-state index in [2.05, 4.69) is 5.32 Å². The van der Waals surface area contributed by atoms with Gasteiger partial charge in [-0.25, -0.2) is 0 Å². The maximum Gasteiger partial charge on any atom is 0.303 e. The van der Waals surface area contributed by atoms with Crippen LogP contribution in [0.15, 0.2) is 42.5 Å². The number of anilines is 1. The first-order valence-corrected chi connectivity index (χ1v) is 7.99. The van der Waals surface area contributed by atoms with Crippen LogP contribution in [0.4, 0.5) is 5.69 Å². The van der Waals surface area contributed by atoms with Gasteiger partial charge in [0.25, 0.3) is 0 Å². The van der Waals surface area contributed by atoms with E-state index in [1.54, 1.807) is 0 Å². The SMILES string of the molecule is CC(=O)OC1c2ccccc2-c2ccc(NC(=O)C(C)(C)C)cc21. The maximum atomic E-state index is 12.2. The van der Waals surface area contributed by atoms with Crippen LogP contribution < -0.4 is 5.32 Å². The van der Waals surface area contributed by atoms with E-state index in [1.165, 1.54) is 6.92 Å². The molecular weight excluding hydrogens is 302 g/mol. The maximum absolute atomic E-state index is 12.2. The average molecular weight is 323 g/mol. The third kappa shape index (κ3) is 2.92. The second-order valence-corrected chi connectivity index (χ2v) is 7.08. The van der Waals surface area contributed by atoms with Crippen molar-refractivity contribution in [3.05, 3.63) is 53.6 Å². The Balaban J connectivity index is 2.01. The molecule has 0 heterocycles. The summed E-state index contributed by atoms with van der Waals surface area (Å²) in [5.74, 6) is -0.381. The average Bonchev–Trinajstić information content (AvgIpc) is 2.80. The van der Waals surface area contributed by atoms with Gasteiger partial charge in [-0.2, -0.15) is 0 Å². The Labute approximate surface area is 141 Å². The van der Waals surface area contributed by atoms with Gasteiger partial charge in [0.2, 0.25) is 5.91 Å². The van der Waals surface area contributed by atoms with Crippen molar-refractivity contribution in [2.45, 2.75) is 33.8 Å². The molecule has 2 aromatic carbocycles. The van der Waals surface area contributed by atoms with Crippen LogP contribution in [0.3, 0.4) is 0 Å². The van der Waals surface area contributed by atoms with Crippen molar-refractivity contribution in [3.8, 4) is 11.1 Å². The Morgan fingerprint density at radius 3 is 2.33 bits per heavy atom. The third-order valence-corrected chi connectivity index (χ3v) is 4.09. The molecule has 1 atom stereocenters. The second kappa shape index (κ2) is 5.78. The summed E-state index contributed by atoms with van der Waals surface area (Å²) in [4.78, 5) is 23.7. The van der Waals surface area contributed by atoms with Crippen LogP contribution in [0.1, 0.15) is 44.9 Å². The van der Waals surface area contributed by atoms with Crippen molar-refractivity contribution >= 4 is 17.6 Å². The first-order valence-electron chi connectivity index (χ1n) is 7.99. The second-order valence-electron chi connectivity index (χ2n) is 7.08. The third-order valence-electron chi connectivity index (χ3n) is 4.09.